The van der Waals surface area contributed by atoms with Crippen molar-refractivity contribution in [3.63, 3.8) is 0 Å². The zero-order valence-electron chi connectivity index (χ0n) is 23.6. The van der Waals surface area contributed by atoms with Gasteiger partial charge in [0.25, 0.3) is 0 Å². The van der Waals surface area contributed by atoms with Gasteiger partial charge in [0.2, 0.25) is 0 Å². The van der Waals surface area contributed by atoms with E-state index in [-0.39, 0.29) is 24.3 Å². The molecule has 0 atom stereocenters. The van der Waals surface area contributed by atoms with E-state index in [1.54, 1.807) is 43.3 Å². The number of Topliss-reactive ketones (excluding diaryl/α,β-unsaturated/α-hetero) is 1. The molecule has 0 aliphatic carbocycles. The van der Waals surface area contributed by atoms with E-state index in [1.807, 2.05) is 25.3 Å². The maximum absolute atomic E-state index is 12.9. The Hall–Kier alpha value is -3.02. The highest BCUT2D eigenvalue weighted by molar-refractivity contribution is 7.08. The largest absolute Gasteiger partial charge is 0.444 e. The molecule has 0 aromatic carbocycles. The van der Waals surface area contributed by atoms with Gasteiger partial charge < -0.3 is 19.7 Å². The first kappa shape index (κ1) is 30.5. The van der Waals surface area contributed by atoms with E-state index >= 15 is 0 Å². The number of thiophene rings is 1. The molecule has 3 amide bonds. The fraction of sp³-hybridized carbons (Fsp3) is 0.571. The second kappa shape index (κ2) is 14.4. The SMILES string of the molecule is CC(C)NC(=O)N(CCCN1CCOCC1)Cc1ccc(C(=O)Cc2cscc2NC(=O)OC(C)(C)C)nc1. The van der Waals surface area contributed by atoms with E-state index in [4.69, 9.17) is 9.47 Å². The Morgan fingerprint density at radius 1 is 1.18 bits per heavy atom. The molecular weight excluding hydrogens is 518 g/mol. The predicted octanol–water partition coefficient (Wildman–Crippen LogP) is 4.56. The smallest absolute Gasteiger partial charge is 0.412 e. The summed E-state index contributed by atoms with van der Waals surface area (Å²) in [5, 5.41) is 9.31. The lowest BCUT2D eigenvalue weighted by atomic mass is 10.1. The first-order valence-corrected chi connectivity index (χ1v) is 14.3. The van der Waals surface area contributed by atoms with Gasteiger partial charge in [0.15, 0.2) is 5.78 Å². The van der Waals surface area contributed by atoms with Gasteiger partial charge in [-0.05, 0) is 63.6 Å². The summed E-state index contributed by atoms with van der Waals surface area (Å²) in [7, 11) is 0. The minimum atomic E-state index is -0.616. The van der Waals surface area contributed by atoms with E-state index < -0.39 is 11.7 Å². The average molecular weight is 560 g/mol. The Labute approximate surface area is 235 Å². The molecule has 3 rings (SSSR count). The number of aromatic nitrogens is 1. The molecule has 1 saturated heterocycles. The van der Waals surface area contributed by atoms with Gasteiger partial charge >= 0.3 is 12.1 Å². The van der Waals surface area contributed by atoms with E-state index in [1.165, 1.54) is 11.3 Å². The Balaban J connectivity index is 1.58. The van der Waals surface area contributed by atoms with Crippen molar-refractivity contribution in [1.29, 1.82) is 0 Å². The first-order valence-electron chi connectivity index (χ1n) is 13.4. The summed E-state index contributed by atoms with van der Waals surface area (Å²) in [6.07, 6.45) is 2.05. The fourth-order valence-corrected chi connectivity index (χ4v) is 4.84. The number of morpholine rings is 1. The Kier molecular flexibility index (Phi) is 11.3. The topological polar surface area (TPSA) is 113 Å². The number of hydrogen-bond donors (Lipinski definition) is 2. The van der Waals surface area contributed by atoms with Crippen LogP contribution in [0.1, 0.15) is 62.7 Å². The quantitative estimate of drug-likeness (QED) is 0.388. The molecule has 1 fully saturated rings. The number of ether oxygens (including phenoxy) is 2. The van der Waals surface area contributed by atoms with Crippen molar-refractivity contribution in [2.24, 2.45) is 0 Å². The Bertz CT molecular complexity index is 1090. The maximum Gasteiger partial charge on any atom is 0.412 e. The number of carbonyl (C=O) groups excluding carboxylic acids is 3. The zero-order chi connectivity index (χ0) is 28.4. The highest BCUT2D eigenvalue weighted by Crippen LogP contribution is 2.23. The van der Waals surface area contributed by atoms with Crippen molar-refractivity contribution >= 4 is 34.9 Å². The van der Waals surface area contributed by atoms with Gasteiger partial charge in [0.05, 0.1) is 18.9 Å². The molecular formula is C28H41N5O5S. The van der Waals surface area contributed by atoms with Crippen LogP contribution >= 0.6 is 11.3 Å². The molecule has 39 heavy (non-hydrogen) atoms. The molecule has 0 spiro atoms. The van der Waals surface area contributed by atoms with Gasteiger partial charge in [0, 0.05) is 56.8 Å². The third-order valence-corrected chi connectivity index (χ3v) is 6.71. The van der Waals surface area contributed by atoms with Crippen molar-refractivity contribution < 1.29 is 23.9 Å². The third-order valence-electron chi connectivity index (χ3n) is 5.92. The van der Waals surface area contributed by atoms with Crippen LogP contribution in [-0.2, 0) is 22.4 Å². The zero-order valence-corrected chi connectivity index (χ0v) is 24.4. The number of rotatable bonds is 11. The normalized spacial score (nSPS) is 14.2. The summed E-state index contributed by atoms with van der Waals surface area (Å²) < 4.78 is 10.7. The minimum absolute atomic E-state index is 0.0316. The first-order chi connectivity index (χ1) is 18.5. The molecule has 3 heterocycles. The number of nitrogens with zero attached hydrogens (tertiary/aromatic N) is 3. The molecule has 11 heteroatoms. The molecule has 0 bridgehead atoms. The lowest BCUT2D eigenvalue weighted by Gasteiger charge is -2.29. The van der Waals surface area contributed by atoms with E-state index in [2.05, 4.69) is 20.5 Å². The molecule has 214 valence electrons. The lowest BCUT2D eigenvalue weighted by molar-refractivity contribution is 0.0364. The van der Waals surface area contributed by atoms with Gasteiger partial charge in [0.1, 0.15) is 11.3 Å². The van der Waals surface area contributed by atoms with Crippen LogP contribution in [0, 0.1) is 0 Å². The average Bonchev–Trinajstić information content (AvgIpc) is 3.28. The fourth-order valence-electron chi connectivity index (χ4n) is 4.05. The summed E-state index contributed by atoms with van der Waals surface area (Å²) in [6.45, 7) is 14.5. The van der Waals surface area contributed by atoms with Crippen molar-refractivity contribution in [1.82, 2.24) is 20.1 Å². The van der Waals surface area contributed by atoms with Crippen LogP contribution in [0.2, 0.25) is 0 Å². The van der Waals surface area contributed by atoms with Gasteiger partial charge in [-0.1, -0.05) is 6.07 Å². The molecule has 2 N–H and O–H groups in total. The van der Waals surface area contributed by atoms with Crippen molar-refractivity contribution in [2.75, 3.05) is 44.7 Å². The van der Waals surface area contributed by atoms with Crippen LogP contribution in [0.3, 0.4) is 0 Å². The number of urea groups is 1. The molecule has 0 unspecified atom stereocenters. The van der Waals surface area contributed by atoms with Crippen LogP contribution in [0.25, 0.3) is 0 Å². The summed E-state index contributed by atoms with van der Waals surface area (Å²) in [4.78, 5) is 46.5. The monoisotopic (exact) mass is 559 g/mol. The van der Waals surface area contributed by atoms with Gasteiger partial charge in [-0.3, -0.25) is 20.0 Å². The number of pyridine rings is 1. The van der Waals surface area contributed by atoms with Crippen molar-refractivity contribution in [3.05, 3.63) is 45.9 Å². The van der Waals surface area contributed by atoms with E-state index in [0.717, 1.165) is 44.8 Å². The summed E-state index contributed by atoms with van der Waals surface area (Å²) in [6, 6.07) is 3.45. The summed E-state index contributed by atoms with van der Waals surface area (Å²) in [5.74, 6) is -0.160. The number of carbonyl (C=O) groups is 3. The minimum Gasteiger partial charge on any atom is -0.444 e. The summed E-state index contributed by atoms with van der Waals surface area (Å²) >= 11 is 1.40. The molecule has 0 radical (unpaired) electrons. The number of amides is 3. The Morgan fingerprint density at radius 2 is 1.92 bits per heavy atom. The Morgan fingerprint density at radius 3 is 2.56 bits per heavy atom. The molecule has 2 aromatic rings. The molecule has 1 aliphatic heterocycles. The van der Waals surface area contributed by atoms with Crippen LogP contribution in [0.15, 0.2) is 29.1 Å². The van der Waals surface area contributed by atoms with Gasteiger partial charge in [-0.25, -0.2) is 9.59 Å². The van der Waals surface area contributed by atoms with Crippen LogP contribution in [0.4, 0.5) is 15.3 Å². The second-order valence-corrected chi connectivity index (χ2v) is 11.7. The highest BCUT2D eigenvalue weighted by Gasteiger charge is 2.20. The molecule has 10 nitrogen and oxygen atoms in total. The van der Waals surface area contributed by atoms with E-state index in [9.17, 15) is 14.4 Å². The highest BCUT2D eigenvalue weighted by atomic mass is 32.1. The van der Waals surface area contributed by atoms with Crippen LogP contribution < -0.4 is 10.6 Å². The molecule has 2 aromatic heterocycles. The number of ketones is 1. The standard InChI is InChI=1S/C28H41N5O5S/c1-20(2)30-26(35)33(10-6-9-32-11-13-37-14-12-32)17-21-7-8-23(29-16-21)25(34)15-22-18-39-19-24(22)31-27(36)38-28(3,4)5/h7-8,16,18-20H,6,9-15,17H2,1-5H3,(H,30,35)(H,31,36). The van der Waals surface area contributed by atoms with Crippen LogP contribution in [-0.4, -0.2) is 83.7 Å². The number of nitrogens with one attached hydrogen (secondary N) is 2. The number of anilines is 1. The third kappa shape index (κ3) is 10.6. The van der Waals surface area contributed by atoms with Crippen molar-refractivity contribution in [2.45, 2.75) is 65.6 Å². The molecule has 0 saturated carbocycles. The predicted molar refractivity (Wildman–Crippen MR) is 152 cm³/mol. The number of hydrogen-bond acceptors (Lipinski definition) is 8. The van der Waals surface area contributed by atoms with Crippen LogP contribution in [0.5, 0.6) is 0 Å². The van der Waals surface area contributed by atoms with Gasteiger partial charge in [-0.2, -0.15) is 0 Å². The maximum atomic E-state index is 12.9. The molecule has 1 aliphatic rings. The van der Waals surface area contributed by atoms with E-state index in [0.29, 0.717) is 30.0 Å². The van der Waals surface area contributed by atoms with Crippen molar-refractivity contribution in [3.8, 4) is 0 Å². The van der Waals surface area contributed by atoms with Gasteiger partial charge in [-0.15, -0.1) is 11.3 Å². The second-order valence-electron chi connectivity index (χ2n) is 10.9. The lowest BCUT2D eigenvalue weighted by Crippen LogP contribution is -2.44. The summed E-state index contributed by atoms with van der Waals surface area (Å²) in [5.41, 5.74) is 1.83.